The Morgan fingerprint density at radius 2 is 2.14 bits per heavy atom. The summed E-state index contributed by atoms with van der Waals surface area (Å²) in [6.07, 6.45) is 2.19. The maximum atomic E-state index is 11.6. The lowest BCUT2D eigenvalue weighted by Gasteiger charge is -2.57. The summed E-state index contributed by atoms with van der Waals surface area (Å²) in [7, 11) is 0. The lowest BCUT2D eigenvalue weighted by Crippen LogP contribution is -2.63. The van der Waals surface area contributed by atoms with E-state index in [2.05, 4.69) is 26.8 Å². The number of aliphatic hydroxyl groups excluding tert-OH is 1. The minimum Gasteiger partial charge on any atom is -0.459 e. The molecule has 3 fully saturated rings. The minimum atomic E-state index is -0.840. The summed E-state index contributed by atoms with van der Waals surface area (Å²) < 4.78 is 17.7. The third-order valence-electron chi connectivity index (χ3n) is 6.86. The van der Waals surface area contributed by atoms with E-state index in [0.717, 1.165) is 12.8 Å². The number of rotatable bonds is 1. The van der Waals surface area contributed by atoms with Crippen LogP contribution in [0.15, 0.2) is 11.6 Å². The molecule has 4 rings (SSSR count). The van der Waals surface area contributed by atoms with Crippen LogP contribution >= 0.6 is 0 Å². The molecule has 7 atom stereocenters. The lowest BCUT2D eigenvalue weighted by molar-refractivity contribution is -0.210. The Bertz CT molecular complexity index is 565. The number of hydrogen-bond acceptors (Lipinski definition) is 5. The van der Waals surface area contributed by atoms with Crippen molar-refractivity contribution in [3.63, 3.8) is 0 Å². The largest absolute Gasteiger partial charge is 0.459 e. The Morgan fingerprint density at radius 1 is 1.45 bits per heavy atom. The van der Waals surface area contributed by atoms with Crippen molar-refractivity contribution in [2.24, 2.45) is 10.8 Å². The van der Waals surface area contributed by atoms with Gasteiger partial charge in [-0.15, -0.1) is 0 Å². The quantitative estimate of drug-likeness (QED) is 0.452. The first-order chi connectivity index (χ1) is 10.3. The highest BCUT2D eigenvalue weighted by molar-refractivity contribution is 5.66. The molecule has 1 saturated carbocycles. The predicted molar refractivity (Wildman–Crippen MR) is 78.1 cm³/mol. The van der Waals surface area contributed by atoms with Gasteiger partial charge < -0.3 is 19.3 Å². The van der Waals surface area contributed by atoms with Gasteiger partial charge in [0.15, 0.2) is 0 Å². The molecule has 2 bridgehead atoms. The molecule has 4 aliphatic rings. The third kappa shape index (κ3) is 1.43. The van der Waals surface area contributed by atoms with Crippen LogP contribution in [0.5, 0.6) is 0 Å². The lowest BCUT2D eigenvalue weighted by atomic mass is 9.52. The molecule has 1 N–H and O–H groups in total. The van der Waals surface area contributed by atoms with E-state index in [4.69, 9.17) is 14.2 Å². The van der Waals surface area contributed by atoms with E-state index in [0.29, 0.717) is 6.61 Å². The molecule has 2 aliphatic carbocycles. The molecule has 0 aromatic carbocycles. The molecule has 5 nitrogen and oxygen atoms in total. The van der Waals surface area contributed by atoms with Gasteiger partial charge in [0.1, 0.15) is 23.9 Å². The molecule has 2 heterocycles. The molecule has 7 unspecified atom stereocenters. The topological polar surface area (TPSA) is 68.3 Å². The molecule has 0 aromatic heterocycles. The van der Waals surface area contributed by atoms with Crippen molar-refractivity contribution in [3.05, 3.63) is 11.6 Å². The van der Waals surface area contributed by atoms with Crippen molar-refractivity contribution in [2.45, 2.75) is 70.6 Å². The van der Waals surface area contributed by atoms with Crippen molar-refractivity contribution in [3.8, 4) is 0 Å². The smallest absolute Gasteiger partial charge is 0.303 e. The van der Waals surface area contributed by atoms with Crippen LogP contribution in [0.4, 0.5) is 0 Å². The fourth-order valence-corrected chi connectivity index (χ4v) is 5.25. The zero-order valence-corrected chi connectivity index (χ0v) is 13.6. The van der Waals surface area contributed by atoms with Gasteiger partial charge in [0, 0.05) is 17.8 Å². The maximum absolute atomic E-state index is 11.6. The van der Waals surface area contributed by atoms with Gasteiger partial charge in [-0.1, -0.05) is 25.5 Å². The molecule has 2 aliphatic heterocycles. The number of aliphatic hydroxyl groups is 1. The Balaban J connectivity index is 1.86. The van der Waals surface area contributed by atoms with E-state index in [-0.39, 0.29) is 17.5 Å². The fraction of sp³-hybridized carbons (Fsp3) is 0.824. The van der Waals surface area contributed by atoms with Crippen molar-refractivity contribution >= 4 is 5.97 Å². The zero-order chi connectivity index (χ0) is 15.9. The number of carbonyl (C=O) groups is 1. The van der Waals surface area contributed by atoms with E-state index >= 15 is 0 Å². The standard InChI is InChI=1S/C17H24O5/c1-9-5-6-15(3)11(7-9)22-14-12(19)13(21-10(2)18)16(15,4)17(14)8-20-17/h7,11-14,19H,5-6,8H2,1-4H3. The van der Waals surface area contributed by atoms with E-state index in [1.165, 1.54) is 12.5 Å². The number of hydrogen-bond donors (Lipinski definition) is 1. The van der Waals surface area contributed by atoms with Gasteiger partial charge in [-0.05, 0) is 19.8 Å². The molecule has 0 aromatic rings. The Morgan fingerprint density at radius 3 is 2.73 bits per heavy atom. The molecular formula is C17H24O5. The zero-order valence-electron chi connectivity index (χ0n) is 13.6. The normalized spacial score (nSPS) is 55.6. The second kappa shape index (κ2) is 4.13. The summed E-state index contributed by atoms with van der Waals surface area (Å²) in [5.41, 5.74) is 0.126. The molecule has 2 saturated heterocycles. The Kier molecular flexibility index (Phi) is 2.76. The molecule has 22 heavy (non-hydrogen) atoms. The van der Waals surface area contributed by atoms with Gasteiger partial charge in [-0.3, -0.25) is 4.79 Å². The second-order valence-corrected chi connectivity index (χ2v) is 7.81. The summed E-state index contributed by atoms with van der Waals surface area (Å²) in [5, 5.41) is 10.8. The monoisotopic (exact) mass is 308 g/mol. The van der Waals surface area contributed by atoms with E-state index in [9.17, 15) is 9.90 Å². The van der Waals surface area contributed by atoms with Crippen molar-refractivity contribution in [1.82, 2.24) is 0 Å². The van der Waals surface area contributed by atoms with Crippen LogP contribution in [0.2, 0.25) is 0 Å². The number of epoxide rings is 1. The van der Waals surface area contributed by atoms with Gasteiger partial charge in [-0.25, -0.2) is 0 Å². The summed E-state index contributed by atoms with van der Waals surface area (Å²) >= 11 is 0. The number of fused-ring (bicyclic) bond motifs is 2. The third-order valence-corrected chi connectivity index (χ3v) is 6.86. The van der Waals surface area contributed by atoms with Gasteiger partial charge in [0.05, 0.1) is 12.7 Å². The fourth-order valence-electron chi connectivity index (χ4n) is 5.25. The van der Waals surface area contributed by atoms with Gasteiger partial charge in [0.2, 0.25) is 0 Å². The molecule has 5 heteroatoms. The molecule has 122 valence electrons. The number of esters is 1. The summed E-state index contributed by atoms with van der Waals surface area (Å²) in [5.74, 6) is -0.365. The molecule has 1 spiro atoms. The predicted octanol–water partition coefficient (Wildman–Crippen LogP) is 1.58. The van der Waals surface area contributed by atoms with Crippen LogP contribution in [-0.2, 0) is 19.0 Å². The Labute approximate surface area is 130 Å². The summed E-state index contributed by atoms with van der Waals surface area (Å²) in [6.45, 7) is 8.37. The van der Waals surface area contributed by atoms with E-state index < -0.39 is 29.3 Å². The number of allylic oxidation sites excluding steroid dienone is 1. The maximum Gasteiger partial charge on any atom is 0.303 e. The van der Waals surface area contributed by atoms with Crippen molar-refractivity contribution in [1.29, 1.82) is 0 Å². The summed E-state index contributed by atoms with van der Waals surface area (Å²) in [4.78, 5) is 11.6. The van der Waals surface area contributed by atoms with Crippen LogP contribution in [0.3, 0.4) is 0 Å². The molecule has 0 radical (unpaired) electrons. The van der Waals surface area contributed by atoms with Gasteiger partial charge in [-0.2, -0.15) is 0 Å². The average molecular weight is 308 g/mol. The second-order valence-electron chi connectivity index (χ2n) is 7.81. The highest BCUT2D eigenvalue weighted by Gasteiger charge is 2.84. The highest BCUT2D eigenvalue weighted by atomic mass is 16.6. The van der Waals surface area contributed by atoms with Crippen molar-refractivity contribution < 1.29 is 24.1 Å². The van der Waals surface area contributed by atoms with Gasteiger partial charge in [0.25, 0.3) is 0 Å². The number of carbonyl (C=O) groups excluding carboxylic acids is 1. The number of ether oxygens (including phenoxy) is 3. The van der Waals surface area contributed by atoms with Gasteiger partial charge >= 0.3 is 5.97 Å². The van der Waals surface area contributed by atoms with Crippen LogP contribution in [0.25, 0.3) is 0 Å². The van der Waals surface area contributed by atoms with Crippen LogP contribution < -0.4 is 0 Å². The first-order valence-electron chi connectivity index (χ1n) is 8.08. The molecule has 0 amide bonds. The molecular weight excluding hydrogens is 284 g/mol. The minimum absolute atomic E-state index is 0.0683. The van der Waals surface area contributed by atoms with Crippen LogP contribution in [0, 0.1) is 10.8 Å². The van der Waals surface area contributed by atoms with Crippen LogP contribution in [-0.4, -0.2) is 47.7 Å². The Hall–Kier alpha value is -0.910. The highest BCUT2D eigenvalue weighted by Crippen LogP contribution is 2.71. The SMILES string of the molecule is CC(=O)OC1C(O)C2OC3C=C(C)CCC3(C)C1(C)C21CO1. The van der Waals surface area contributed by atoms with Crippen molar-refractivity contribution in [2.75, 3.05) is 6.61 Å². The first-order valence-corrected chi connectivity index (χ1v) is 8.08. The average Bonchev–Trinajstić information content (AvgIpc) is 3.22. The van der Waals surface area contributed by atoms with E-state index in [1.807, 2.05) is 0 Å². The summed E-state index contributed by atoms with van der Waals surface area (Å²) in [6, 6.07) is 0. The van der Waals surface area contributed by atoms with Crippen LogP contribution in [0.1, 0.15) is 40.5 Å². The van der Waals surface area contributed by atoms with E-state index in [1.54, 1.807) is 0 Å². The first kappa shape index (κ1) is 14.7.